The number of aryl methyl sites for hydroxylation is 2. The lowest BCUT2D eigenvalue weighted by Crippen LogP contribution is -2.13. The predicted octanol–water partition coefficient (Wildman–Crippen LogP) is 3.91. The molecule has 2 aromatic carbocycles. The molecule has 0 saturated heterocycles. The first-order valence-electron chi connectivity index (χ1n) is 6.32. The van der Waals surface area contributed by atoms with Crippen LogP contribution in [0.25, 0.3) is 0 Å². The normalized spacial score (nSPS) is 12.4. The molecule has 0 saturated carbocycles. The maximum atomic E-state index is 13.6. The molecule has 0 aliphatic rings. The molecule has 1 atom stereocenters. The molecule has 1 nitrogen and oxygen atoms in total. The molecule has 19 heavy (non-hydrogen) atoms. The molecule has 0 bridgehead atoms. The van der Waals surface area contributed by atoms with Crippen molar-refractivity contribution in [3.05, 3.63) is 70.8 Å². The van der Waals surface area contributed by atoms with E-state index >= 15 is 0 Å². The van der Waals surface area contributed by atoms with Gasteiger partial charge >= 0.3 is 0 Å². The van der Waals surface area contributed by atoms with E-state index in [0.29, 0.717) is 12.0 Å². The third-order valence-corrected chi connectivity index (χ3v) is 3.19. The quantitative estimate of drug-likeness (QED) is 0.887. The molecule has 0 fully saturated rings. The molecule has 1 unspecified atom stereocenters. The highest BCUT2D eigenvalue weighted by Gasteiger charge is 2.12. The van der Waals surface area contributed by atoms with Crippen molar-refractivity contribution in [2.24, 2.45) is 5.73 Å². The van der Waals surface area contributed by atoms with E-state index in [1.165, 1.54) is 23.3 Å². The molecule has 2 aromatic rings. The lowest BCUT2D eigenvalue weighted by atomic mass is 9.98. The second kappa shape index (κ2) is 5.93. The fourth-order valence-electron chi connectivity index (χ4n) is 2.15. The van der Waals surface area contributed by atoms with Crippen molar-refractivity contribution < 1.29 is 8.78 Å². The molecule has 0 aliphatic carbocycles. The summed E-state index contributed by atoms with van der Waals surface area (Å²) in [5.41, 5.74) is 8.71. The molecule has 0 amide bonds. The topological polar surface area (TPSA) is 26.0 Å². The second-order valence-corrected chi connectivity index (χ2v) is 4.80. The minimum absolute atomic E-state index is 0.369. The van der Waals surface area contributed by atoms with Crippen molar-refractivity contribution in [3.8, 4) is 0 Å². The predicted molar refractivity (Wildman–Crippen MR) is 72.8 cm³/mol. The summed E-state index contributed by atoms with van der Waals surface area (Å²) in [6.07, 6.45) is 1.41. The van der Waals surface area contributed by atoms with Crippen LogP contribution in [0.5, 0.6) is 0 Å². The minimum Gasteiger partial charge on any atom is -0.324 e. The van der Waals surface area contributed by atoms with E-state index in [9.17, 15) is 8.78 Å². The Kier molecular flexibility index (Phi) is 4.27. The average Bonchev–Trinajstić information content (AvgIpc) is 2.36. The summed E-state index contributed by atoms with van der Waals surface area (Å²) in [4.78, 5) is 0. The first kappa shape index (κ1) is 13.7. The van der Waals surface area contributed by atoms with Crippen LogP contribution in [0, 0.1) is 18.6 Å². The van der Waals surface area contributed by atoms with E-state index in [1.54, 1.807) is 0 Å². The molecule has 2 rings (SSSR count). The average molecular weight is 261 g/mol. The third-order valence-electron chi connectivity index (χ3n) is 3.19. The Morgan fingerprint density at radius 3 is 2.58 bits per heavy atom. The van der Waals surface area contributed by atoms with Crippen molar-refractivity contribution in [1.82, 2.24) is 0 Å². The lowest BCUT2D eigenvalue weighted by molar-refractivity contribution is 0.543. The van der Waals surface area contributed by atoms with Crippen LogP contribution >= 0.6 is 0 Å². The maximum absolute atomic E-state index is 13.6. The SMILES string of the molecule is Cc1cccc(CCC(N)c2ccc(F)cc2F)c1. The van der Waals surface area contributed by atoms with Gasteiger partial charge in [0.15, 0.2) is 0 Å². The minimum atomic E-state index is -0.577. The zero-order chi connectivity index (χ0) is 13.8. The summed E-state index contributed by atoms with van der Waals surface area (Å²) in [6.45, 7) is 2.03. The van der Waals surface area contributed by atoms with Crippen LogP contribution in [0.4, 0.5) is 8.78 Å². The van der Waals surface area contributed by atoms with Crippen LogP contribution in [-0.4, -0.2) is 0 Å². The van der Waals surface area contributed by atoms with Gasteiger partial charge in [0.1, 0.15) is 11.6 Å². The molecule has 0 spiro atoms. The Balaban J connectivity index is 2.03. The standard InChI is InChI=1S/C16H17F2N/c1-11-3-2-4-12(9-11)5-8-16(19)14-7-6-13(17)10-15(14)18/h2-4,6-7,9-10,16H,5,8,19H2,1H3. The van der Waals surface area contributed by atoms with E-state index < -0.39 is 17.7 Å². The largest absolute Gasteiger partial charge is 0.324 e. The van der Waals surface area contributed by atoms with Gasteiger partial charge in [-0.15, -0.1) is 0 Å². The Morgan fingerprint density at radius 2 is 1.89 bits per heavy atom. The summed E-state index contributed by atoms with van der Waals surface area (Å²) in [5, 5.41) is 0. The molecule has 0 aliphatic heterocycles. The first-order valence-corrected chi connectivity index (χ1v) is 6.32. The van der Waals surface area contributed by atoms with Crippen molar-refractivity contribution in [2.75, 3.05) is 0 Å². The highest BCUT2D eigenvalue weighted by atomic mass is 19.1. The fraction of sp³-hybridized carbons (Fsp3) is 0.250. The van der Waals surface area contributed by atoms with Crippen LogP contribution in [0.2, 0.25) is 0 Å². The number of halogens is 2. The highest BCUT2D eigenvalue weighted by Crippen LogP contribution is 2.20. The molecule has 3 heteroatoms. The van der Waals surface area contributed by atoms with Gasteiger partial charge in [0.05, 0.1) is 0 Å². The Bertz CT molecular complexity index is 566. The number of nitrogens with two attached hydrogens (primary N) is 1. The fourth-order valence-corrected chi connectivity index (χ4v) is 2.15. The number of benzene rings is 2. The van der Waals surface area contributed by atoms with Gasteiger partial charge < -0.3 is 5.73 Å². The van der Waals surface area contributed by atoms with Gasteiger partial charge in [-0.3, -0.25) is 0 Å². The monoisotopic (exact) mass is 261 g/mol. The summed E-state index contributed by atoms with van der Waals surface area (Å²) in [7, 11) is 0. The van der Waals surface area contributed by atoms with Gasteiger partial charge in [-0.1, -0.05) is 35.9 Å². The molecular formula is C16H17F2N. The Labute approximate surface area is 112 Å². The number of rotatable bonds is 4. The van der Waals surface area contributed by atoms with Crippen LogP contribution < -0.4 is 5.73 Å². The summed E-state index contributed by atoms with van der Waals surface area (Å²) >= 11 is 0. The number of hydrogen-bond donors (Lipinski definition) is 1. The van der Waals surface area contributed by atoms with Gasteiger partial charge in [-0.25, -0.2) is 8.78 Å². The lowest BCUT2D eigenvalue weighted by Gasteiger charge is -2.13. The third kappa shape index (κ3) is 3.61. The Morgan fingerprint density at radius 1 is 1.11 bits per heavy atom. The first-order chi connectivity index (χ1) is 9.06. The van der Waals surface area contributed by atoms with Crippen molar-refractivity contribution in [2.45, 2.75) is 25.8 Å². The number of hydrogen-bond acceptors (Lipinski definition) is 1. The van der Waals surface area contributed by atoms with E-state index in [2.05, 4.69) is 6.07 Å². The zero-order valence-electron chi connectivity index (χ0n) is 10.9. The molecular weight excluding hydrogens is 244 g/mol. The van der Waals surface area contributed by atoms with Gasteiger partial charge in [-0.05, 0) is 31.4 Å². The van der Waals surface area contributed by atoms with Crippen LogP contribution in [-0.2, 0) is 6.42 Å². The highest BCUT2D eigenvalue weighted by molar-refractivity contribution is 5.24. The summed E-state index contributed by atoms with van der Waals surface area (Å²) in [6, 6.07) is 11.3. The second-order valence-electron chi connectivity index (χ2n) is 4.80. The van der Waals surface area contributed by atoms with Crippen LogP contribution in [0.15, 0.2) is 42.5 Å². The summed E-state index contributed by atoms with van der Waals surface area (Å²) in [5.74, 6) is -1.15. The zero-order valence-corrected chi connectivity index (χ0v) is 10.9. The molecule has 100 valence electrons. The molecule has 0 heterocycles. The summed E-state index contributed by atoms with van der Waals surface area (Å²) < 4.78 is 26.4. The van der Waals surface area contributed by atoms with Gasteiger partial charge in [0.25, 0.3) is 0 Å². The maximum Gasteiger partial charge on any atom is 0.130 e. The van der Waals surface area contributed by atoms with Gasteiger partial charge in [0, 0.05) is 17.7 Å². The van der Waals surface area contributed by atoms with E-state index in [-0.39, 0.29) is 0 Å². The van der Waals surface area contributed by atoms with Crippen molar-refractivity contribution >= 4 is 0 Å². The van der Waals surface area contributed by atoms with E-state index in [1.807, 2.05) is 25.1 Å². The van der Waals surface area contributed by atoms with E-state index in [4.69, 9.17) is 5.73 Å². The molecule has 2 N–H and O–H groups in total. The van der Waals surface area contributed by atoms with Crippen molar-refractivity contribution in [3.63, 3.8) is 0 Å². The smallest absolute Gasteiger partial charge is 0.130 e. The van der Waals surface area contributed by atoms with Gasteiger partial charge in [-0.2, -0.15) is 0 Å². The Hall–Kier alpha value is -1.74. The molecule has 0 radical (unpaired) electrons. The van der Waals surface area contributed by atoms with E-state index in [0.717, 1.165) is 12.5 Å². The van der Waals surface area contributed by atoms with Crippen LogP contribution in [0.3, 0.4) is 0 Å². The molecule has 0 aromatic heterocycles. The van der Waals surface area contributed by atoms with Crippen LogP contribution in [0.1, 0.15) is 29.2 Å². The van der Waals surface area contributed by atoms with Crippen molar-refractivity contribution in [1.29, 1.82) is 0 Å². The van der Waals surface area contributed by atoms with Gasteiger partial charge in [0.2, 0.25) is 0 Å².